The highest BCUT2D eigenvalue weighted by molar-refractivity contribution is 5.40. The van der Waals surface area contributed by atoms with Crippen molar-refractivity contribution in [1.82, 2.24) is 0 Å². The molecule has 0 amide bonds. The average Bonchev–Trinajstić information content (AvgIpc) is 2.30. The first kappa shape index (κ1) is 12.2. The molecule has 2 heteroatoms. The van der Waals surface area contributed by atoms with E-state index in [1.54, 1.807) is 6.08 Å². The lowest BCUT2D eigenvalue weighted by Gasteiger charge is -2.32. The first-order valence-electron chi connectivity index (χ1n) is 6.16. The van der Waals surface area contributed by atoms with Crippen LogP contribution in [0.25, 0.3) is 0 Å². The van der Waals surface area contributed by atoms with Crippen molar-refractivity contribution in [3.05, 3.63) is 47.3 Å². The van der Waals surface area contributed by atoms with Crippen molar-refractivity contribution in [3.8, 4) is 0 Å². The first-order valence-corrected chi connectivity index (χ1v) is 6.16. The van der Waals surface area contributed by atoms with Crippen molar-refractivity contribution >= 4 is 0 Å². The maximum Gasteiger partial charge on any atom is 0.0925 e. The van der Waals surface area contributed by atoms with Gasteiger partial charge in [0.1, 0.15) is 0 Å². The summed E-state index contributed by atoms with van der Waals surface area (Å²) < 4.78 is 0. The third kappa shape index (κ3) is 2.52. The molecule has 0 radical (unpaired) electrons. The largest absolute Gasteiger partial charge is 0.512 e. The molecule has 0 aromatic heterocycles. The number of aliphatic hydroxyl groups excluding tert-OH is 2. The molecule has 0 spiro atoms. The summed E-state index contributed by atoms with van der Waals surface area (Å²) >= 11 is 0. The SMILES string of the molecule is CC(C)(C1=CCC(O)C=C1)C1=CC=C(O)CC1. The molecule has 2 rings (SSSR count). The van der Waals surface area contributed by atoms with Crippen LogP contribution in [0.1, 0.15) is 33.1 Å². The maximum absolute atomic E-state index is 9.45. The number of aliphatic hydroxyl groups is 2. The Kier molecular flexibility index (Phi) is 3.25. The number of rotatable bonds is 2. The van der Waals surface area contributed by atoms with Gasteiger partial charge in [-0.3, -0.25) is 0 Å². The van der Waals surface area contributed by atoms with Crippen LogP contribution in [-0.4, -0.2) is 16.3 Å². The van der Waals surface area contributed by atoms with E-state index >= 15 is 0 Å². The quantitative estimate of drug-likeness (QED) is 0.765. The van der Waals surface area contributed by atoms with E-state index in [2.05, 4.69) is 19.9 Å². The molecule has 17 heavy (non-hydrogen) atoms. The second-order valence-electron chi connectivity index (χ2n) is 5.30. The normalized spacial score (nSPS) is 25.1. The Balaban J connectivity index is 2.22. The van der Waals surface area contributed by atoms with Gasteiger partial charge >= 0.3 is 0 Å². The molecule has 1 unspecified atom stereocenters. The van der Waals surface area contributed by atoms with Crippen molar-refractivity contribution in [2.75, 3.05) is 0 Å². The zero-order chi connectivity index (χ0) is 12.5. The van der Waals surface area contributed by atoms with Crippen LogP contribution in [0.4, 0.5) is 0 Å². The summed E-state index contributed by atoms with van der Waals surface area (Å²) in [5, 5.41) is 18.8. The fourth-order valence-corrected chi connectivity index (χ4v) is 2.40. The highest BCUT2D eigenvalue weighted by Gasteiger charge is 2.28. The Bertz CT molecular complexity index is 422. The van der Waals surface area contributed by atoms with E-state index in [0.717, 1.165) is 12.8 Å². The van der Waals surface area contributed by atoms with Gasteiger partial charge in [-0.25, -0.2) is 0 Å². The van der Waals surface area contributed by atoms with Gasteiger partial charge in [0.2, 0.25) is 0 Å². The van der Waals surface area contributed by atoms with E-state index in [1.807, 2.05) is 18.2 Å². The predicted molar refractivity (Wildman–Crippen MR) is 69.7 cm³/mol. The van der Waals surface area contributed by atoms with E-state index in [-0.39, 0.29) is 11.5 Å². The van der Waals surface area contributed by atoms with Gasteiger partial charge < -0.3 is 10.2 Å². The summed E-state index contributed by atoms with van der Waals surface area (Å²) in [6.07, 6.45) is 11.8. The lowest BCUT2D eigenvalue weighted by Crippen LogP contribution is -2.21. The molecule has 2 N–H and O–H groups in total. The Morgan fingerprint density at radius 2 is 2.00 bits per heavy atom. The van der Waals surface area contributed by atoms with Crippen molar-refractivity contribution in [1.29, 1.82) is 0 Å². The van der Waals surface area contributed by atoms with E-state index in [9.17, 15) is 10.2 Å². The molecule has 0 fully saturated rings. The molecule has 92 valence electrons. The molecule has 0 aromatic carbocycles. The smallest absolute Gasteiger partial charge is 0.0925 e. The minimum Gasteiger partial charge on any atom is -0.512 e. The van der Waals surface area contributed by atoms with Gasteiger partial charge in [0.05, 0.1) is 11.9 Å². The fourth-order valence-electron chi connectivity index (χ4n) is 2.40. The topological polar surface area (TPSA) is 40.5 Å². The molecular formula is C15H20O2. The van der Waals surface area contributed by atoms with Gasteiger partial charge in [0, 0.05) is 11.8 Å². The van der Waals surface area contributed by atoms with Gasteiger partial charge in [-0.2, -0.15) is 0 Å². The Morgan fingerprint density at radius 3 is 2.53 bits per heavy atom. The van der Waals surface area contributed by atoms with E-state index < -0.39 is 0 Å². The van der Waals surface area contributed by atoms with Crippen LogP contribution >= 0.6 is 0 Å². The van der Waals surface area contributed by atoms with Gasteiger partial charge in [-0.05, 0) is 24.5 Å². The highest BCUT2D eigenvalue weighted by atomic mass is 16.3. The summed E-state index contributed by atoms with van der Waals surface area (Å²) in [7, 11) is 0. The van der Waals surface area contributed by atoms with Crippen molar-refractivity contribution < 1.29 is 10.2 Å². The molecule has 0 aliphatic heterocycles. The van der Waals surface area contributed by atoms with E-state index in [4.69, 9.17) is 0 Å². The number of hydrogen-bond donors (Lipinski definition) is 2. The number of allylic oxidation sites excluding steroid dienone is 6. The Hall–Kier alpha value is -1.28. The Morgan fingerprint density at radius 1 is 1.24 bits per heavy atom. The van der Waals surface area contributed by atoms with Gasteiger partial charge in [-0.1, -0.05) is 43.7 Å². The van der Waals surface area contributed by atoms with Gasteiger partial charge in [0.25, 0.3) is 0 Å². The van der Waals surface area contributed by atoms with E-state index in [1.165, 1.54) is 11.1 Å². The Labute approximate surface area is 103 Å². The average molecular weight is 232 g/mol. The van der Waals surface area contributed by atoms with Crippen LogP contribution in [-0.2, 0) is 0 Å². The second kappa shape index (κ2) is 4.53. The molecule has 0 bridgehead atoms. The fraction of sp³-hybridized carbons (Fsp3) is 0.467. The van der Waals surface area contributed by atoms with Crippen molar-refractivity contribution in [3.63, 3.8) is 0 Å². The van der Waals surface area contributed by atoms with Crippen LogP contribution in [0, 0.1) is 5.41 Å². The standard InChI is InChI=1S/C15H20O2/c1-15(2,11-3-7-13(16)8-4-11)12-5-9-14(17)10-6-12/h3-5,7,9,13,16-17H,6,8,10H2,1-2H3. The minimum atomic E-state index is -0.334. The van der Waals surface area contributed by atoms with Gasteiger partial charge in [0.15, 0.2) is 0 Å². The summed E-state index contributed by atoms with van der Waals surface area (Å²) in [5.41, 5.74) is 2.57. The molecule has 0 saturated heterocycles. The van der Waals surface area contributed by atoms with Crippen LogP contribution in [0.5, 0.6) is 0 Å². The molecule has 0 heterocycles. The van der Waals surface area contributed by atoms with Crippen LogP contribution < -0.4 is 0 Å². The lowest BCUT2D eigenvalue weighted by molar-refractivity contribution is 0.224. The predicted octanol–water partition coefficient (Wildman–Crippen LogP) is 3.42. The van der Waals surface area contributed by atoms with E-state index in [0.29, 0.717) is 12.2 Å². The molecule has 1 atom stereocenters. The summed E-state index contributed by atoms with van der Waals surface area (Å²) in [4.78, 5) is 0. The molecule has 0 saturated carbocycles. The molecule has 2 nitrogen and oxygen atoms in total. The third-order valence-electron chi connectivity index (χ3n) is 3.73. The molecule has 2 aliphatic rings. The summed E-state index contributed by atoms with van der Waals surface area (Å²) in [6, 6.07) is 0. The molecular weight excluding hydrogens is 212 g/mol. The zero-order valence-electron chi connectivity index (χ0n) is 10.5. The zero-order valence-corrected chi connectivity index (χ0v) is 10.5. The first-order chi connectivity index (χ1) is 8.00. The highest BCUT2D eigenvalue weighted by Crippen LogP contribution is 2.41. The van der Waals surface area contributed by atoms with Crippen LogP contribution in [0.2, 0.25) is 0 Å². The van der Waals surface area contributed by atoms with Crippen molar-refractivity contribution in [2.24, 2.45) is 5.41 Å². The van der Waals surface area contributed by atoms with Crippen LogP contribution in [0.3, 0.4) is 0 Å². The van der Waals surface area contributed by atoms with Gasteiger partial charge in [-0.15, -0.1) is 0 Å². The molecule has 2 aliphatic carbocycles. The van der Waals surface area contributed by atoms with Crippen molar-refractivity contribution in [2.45, 2.75) is 39.2 Å². The summed E-state index contributed by atoms with van der Waals surface area (Å²) in [6.45, 7) is 4.39. The summed E-state index contributed by atoms with van der Waals surface area (Å²) in [5.74, 6) is 0.466. The number of hydrogen-bond acceptors (Lipinski definition) is 2. The minimum absolute atomic E-state index is 0.0200. The maximum atomic E-state index is 9.45. The monoisotopic (exact) mass is 232 g/mol. The van der Waals surface area contributed by atoms with Crippen LogP contribution in [0.15, 0.2) is 47.3 Å². The molecule has 0 aromatic rings. The second-order valence-corrected chi connectivity index (χ2v) is 5.30. The third-order valence-corrected chi connectivity index (χ3v) is 3.73. The lowest BCUT2D eigenvalue weighted by atomic mass is 9.72.